The molecule has 0 aliphatic carbocycles. The van der Waals surface area contributed by atoms with Crippen molar-refractivity contribution in [3.05, 3.63) is 80.5 Å². The predicted octanol–water partition coefficient (Wildman–Crippen LogP) is 6.98. The Labute approximate surface area is 147 Å². The first-order valence-electron chi connectivity index (χ1n) is 7.02. The van der Waals surface area contributed by atoms with E-state index in [1.807, 2.05) is 0 Å². The maximum Gasteiger partial charge on any atom is 0.411 e. The van der Waals surface area contributed by atoms with Crippen molar-refractivity contribution in [2.24, 2.45) is 10.2 Å². The van der Waals surface area contributed by atoms with Crippen LogP contribution < -0.4 is 0 Å². The summed E-state index contributed by atoms with van der Waals surface area (Å²) in [6.07, 6.45) is -11.5. The average molecular weight is 386 g/mol. The molecule has 0 amide bonds. The van der Waals surface area contributed by atoms with Gasteiger partial charge in [-0.2, -0.15) is 26.3 Å². The van der Waals surface area contributed by atoms with Crippen molar-refractivity contribution in [2.45, 2.75) is 17.8 Å². The molecule has 0 saturated heterocycles. The molecule has 0 heterocycles. The standard InChI is InChI=1S/C15H8F6N6/c16-14(17,18)13(15(19,20)21,9-1-5-11(6-2-9)24-26-22)10-3-7-12(8-4-10)25-27-23/h1-8H. The Kier molecular flexibility index (Phi) is 5.25. The van der Waals surface area contributed by atoms with E-state index in [-0.39, 0.29) is 11.4 Å². The zero-order valence-corrected chi connectivity index (χ0v) is 13.1. The molecule has 2 aromatic rings. The summed E-state index contributed by atoms with van der Waals surface area (Å²) >= 11 is 0. The third kappa shape index (κ3) is 3.48. The van der Waals surface area contributed by atoms with E-state index < -0.39 is 28.9 Å². The molecule has 0 N–H and O–H groups in total. The number of rotatable bonds is 4. The molecule has 0 aliphatic heterocycles. The normalized spacial score (nSPS) is 12.1. The Morgan fingerprint density at radius 2 is 0.889 bits per heavy atom. The van der Waals surface area contributed by atoms with Gasteiger partial charge in [0.2, 0.25) is 5.41 Å². The van der Waals surface area contributed by atoms with E-state index in [2.05, 4.69) is 20.1 Å². The fourth-order valence-corrected chi connectivity index (χ4v) is 2.64. The molecule has 2 aromatic carbocycles. The monoisotopic (exact) mass is 386 g/mol. The fourth-order valence-electron chi connectivity index (χ4n) is 2.64. The van der Waals surface area contributed by atoms with Crippen molar-refractivity contribution in [3.63, 3.8) is 0 Å². The Morgan fingerprint density at radius 3 is 1.11 bits per heavy atom. The van der Waals surface area contributed by atoms with Gasteiger partial charge in [-0.3, -0.25) is 0 Å². The lowest BCUT2D eigenvalue weighted by molar-refractivity contribution is -0.288. The van der Waals surface area contributed by atoms with Gasteiger partial charge in [-0.1, -0.05) is 58.8 Å². The van der Waals surface area contributed by atoms with Gasteiger partial charge in [0.05, 0.1) is 0 Å². The number of alkyl halides is 6. The van der Waals surface area contributed by atoms with Crippen LogP contribution in [0.5, 0.6) is 0 Å². The van der Waals surface area contributed by atoms with E-state index in [4.69, 9.17) is 11.1 Å². The van der Waals surface area contributed by atoms with E-state index in [0.29, 0.717) is 24.3 Å². The SMILES string of the molecule is [N-]=[N+]=Nc1ccc(C(c2ccc(N=[N+]=[N-])cc2)(C(F)(F)F)C(F)(F)F)cc1. The third-order valence-corrected chi connectivity index (χ3v) is 3.77. The summed E-state index contributed by atoms with van der Waals surface area (Å²) in [6.45, 7) is 0. The van der Waals surface area contributed by atoms with Gasteiger partial charge in [-0.05, 0) is 22.2 Å². The number of hydrogen-bond donors (Lipinski definition) is 0. The second-order valence-corrected chi connectivity index (χ2v) is 5.22. The van der Waals surface area contributed by atoms with Crippen LogP contribution in [0.25, 0.3) is 20.9 Å². The molecule has 0 radical (unpaired) electrons. The summed E-state index contributed by atoms with van der Waals surface area (Å²) in [5.41, 5.74) is 9.83. The summed E-state index contributed by atoms with van der Waals surface area (Å²) < 4.78 is 83.1. The molecule has 12 heteroatoms. The smallest absolute Gasteiger partial charge is 0.169 e. The van der Waals surface area contributed by atoms with Crippen LogP contribution in [0.2, 0.25) is 0 Å². The Morgan fingerprint density at radius 1 is 0.593 bits per heavy atom. The molecule has 0 unspecified atom stereocenters. The Bertz CT molecular complexity index is 826. The van der Waals surface area contributed by atoms with Gasteiger partial charge in [0.25, 0.3) is 0 Å². The largest absolute Gasteiger partial charge is 0.411 e. The van der Waals surface area contributed by atoms with Crippen LogP contribution >= 0.6 is 0 Å². The molecule has 0 spiro atoms. The quantitative estimate of drug-likeness (QED) is 0.234. The number of azide groups is 2. The van der Waals surface area contributed by atoms with Crippen molar-refractivity contribution >= 4 is 11.4 Å². The van der Waals surface area contributed by atoms with Gasteiger partial charge in [0.15, 0.2) is 0 Å². The highest BCUT2D eigenvalue weighted by Gasteiger charge is 2.72. The first kappa shape index (κ1) is 20.0. The van der Waals surface area contributed by atoms with E-state index in [9.17, 15) is 26.3 Å². The molecule has 6 nitrogen and oxygen atoms in total. The molecule has 0 aromatic heterocycles. The van der Waals surface area contributed by atoms with Crippen molar-refractivity contribution in [1.82, 2.24) is 0 Å². The van der Waals surface area contributed by atoms with Gasteiger partial charge in [0.1, 0.15) is 0 Å². The third-order valence-electron chi connectivity index (χ3n) is 3.77. The summed E-state index contributed by atoms with van der Waals surface area (Å²) in [5, 5.41) is 6.26. The van der Waals surface area contributed by atoms with Crippen molar-refractivity contribution in [2.75, 3.05) is 0 Å². The molecule has 0 fully saturated rings. The van der Waals surface area contributed by atoms with Crippen LogP contribution in [-0.4, -0.2) is 12.4 Å². The van der Waals surface area contributed by atoms with Gasteiger partial charge in [-0.15, -0.1) is 0 Å². The minimum absolute atomic E-state index is 0.141. The minimum atomic E-state index is -5.74. The first-order valence-corrected chi connectivity index (χ1v) is 7.02. The number of benzene rings is 2. The second kappa shape index (κ2) is 7.10. The zero-order valence-electron chi connectivity index (χ0n) is 13.1. The molecule has 0 aliphatic rings. The maximum atomic E-state index is 13.9. The number of nitrogens with zero attached hydrogens (tertiary/aromatic N) is 6. The molecule has 140 valence electrons. The fraction of sp³-hybridized carbons (Fsp3) is 0.200. The molecule has 0 saturated carbocycles. The highest BCUT2D eigenvalue weighted by Crippen LogP contribution is 2.56. The van der Waals surface area contributed by atoms with Crippen LogP contribution in [0.3, 0.4) is 0 Å². The predicted molar refractivity (Wildman–Crippen MR) is 83.4 cm³/mol. The van der Waals surface area contributed by atoms with E-state index >= 15 is 0 Å². The number of hydrogen-bond acceptors (Lipinski definition) is 2. The highest BCUT2D eigenvalue weighted by molar-refractivity contribution is 5.51. The lowest BCUT2D eigenvalue weighted by Crippen LogP contribution is -2.54. The summed E-state index contributed by atoms with van der Waals surface area (Å²) in [5.74, 6) is 0. The lowest BCUT2D eigenvalue weighted by atomic mass is 9.73. The van der Waals surface area contributed by atoms with E-state index in [0.717, 1.165) is 24.3 Å². The summed E-state index contributed by atoms with van der Waals surface area (Å²) in [7, 11) is 0. The number of halogens is 6. The van der Waals surface area contributed by atoms with Gasteiger partial charge in [-0.25, -0.2) is 0 Å². The molecule has 2 rings (SSSR count). The summed E-state index contributed by atoms with van der Waals surface area (Å²) in [4.78, 5) is 4.84. The Balaban J connectivity index is 2.82. The molecule has 0 bridgehead atoms. The zero-order chi connectivity index (χ0) is 20.3. The molecular formula is C15H8F6N6. The van der Waals surface area contributed by atoms with Crippen LogP contribution in [-0.2, 0) is 5.41 Å². The molecular weight excluding hydrogens is 378 g/mol. The highest BCUT2D eigenvalue weighted by atomic mass is 19.4. The van der Waals surface area contributed by atoms with Crippen LogP contribution in [0.15, 0.2) is 58.8 Å². The second-order valence-electron chi connectivity index (χ2n) is 5.22. The van der Waals surface area contributed by atoms with Crippen LogP contribution in [0.4, 0.5) is 37.7 Å². The molecule has 27 heavy (non-hydrogen) atoms. The first-order chi connectivity index (χ1) is 12.6. The van der Waals surface area contributed by atoms with Crippen molar-refractivity contribution in [3.8, 4) is 0 Å². The molecule has 0 atom stereocenters. The summed E-state index contributed by atoms with van der Waals surface area (Å²) in [6, 6.07) is 5.84. The van der Waals surface area contributed by atoms with E-state index in [1.165, 1.54) is 0 Å². The van der Waals surface area contributed by atoms with Gasteiger partial charge < -0.3 is 0 Å². The Hall–Kier alpha value is -3.36. The average Bonchev–Trinajstić information content (AvgIpc) is 2.56. The maximum absolute atomic E-state index is 13.9. The van der Waals surface area contributed by atoms with Crippen molar-refractivity contribution < 1.29 is 26.3 Å². The van der Waals surface area contributed by atoms with Crippen LogP contribution in [0, 0.1) is 0 Å². The minimum Gasteiger partial charge on any atom is -0.169 e. The van der Waals surface area contributed by atoms with Gasteiger partial charge in [0, 0.05) is 21.2 Å². The lowest BCUT2D eigenvalue weighted by Gasteiger charge is -2.38. The van der Waals surface area contributed by atoms with Crippen molar-refractivity contribution in [1.29, 1.82) is 0 Å². The van der Waals surface area contributed by atoms with E-state index in [1.54, 1.807) is 0 Å². The topological polar surface area (TPSA) is 97.5 Å². The van der Waals surface area contributed by atoms with Crippen LogP contribution in [0.1, 0.15) is 11.1 Å². The van der Waals surface area contributed by atoms with Gasteiger partial charge >= 0.3 is 12.4 Å².